The van der Waals surface area contributed by atoms with Gasteiger partial charge in [0.25, 0.3) is 0 Å². The Morgan fingerprint density at radius 3 is 2.88 bits per heavy atom. The number of ketones is 1. The van der Waals surface area contributed by atoms with Crippen LogP contribution in [-0.2, 0) is 4.79 Å². The van der Waals surface area contributed by atoms with Gasteiger partial charge in [0.05, 0.1) is 17.5 Å². The second kappa shape index (κ2) is 4.98. The van der Waals surface area contributed by atoms with Gasteiger partial charge in [-0.2, -0.15) is 0 Å². The van der Waals surface area contributed by atoms with Crippen LogP contribution in [0, 0.1) is 6.92 Å². The first-order chi connectivity index (χ1) is 8.08. The number of likely N-dealkylation sites (tertiary alicyclic amines) is 1. The minimum absolute atomic E-state index is 0.0799. The molecule has 1 unspecified atom stereocenters. The van der Waals surface area contributed by atoms with E-state index < -0.39 is 0 Å². The quantitative estimate of drug-likeness (QED) is 0.819. The minimum atomic E-state index is -0.322. The monoisotopic (exact) mass is 252 g/mol. The molecule has 92 valence electrons. The van der Waals surface area contributed by atoms with Crippen LogP contribution in [0.5, 0.6) is 0 Å². The molecular formula is C12H16N2O2S. The van der Waals surface area contributed by atoms with E-state index in [4.69, 9.17) is 5.73 Å². The molecule has 1 amide bonds. The Bertz CT molecular complexity index is 441. The van der Waals surface area contributed by atoms with Crippen molar-refractivity contribution in [3.63, 3.8) is 0 Å². The van der Waals surface area contributed by atoms with Crippen LogP contribution in [0.1, 0.15) is 27.4 Å². The SMILES string of the molecule is Cc1ccc(C(=O)CN2CCCC2C(N)=O)s1. The smallest absolute Gasteiger partial charge is 0.234 e. The first kappa shape index (κ1) is 12.3. The van der Waals surface area contributed by atoms with Crippen molar-refractivity contribution >= 4 is 23.0 Å². The number of nitrogens with two attached hydrogens (primary N) is 1. The topological polar surface area (TPSA) is 63.4 Å². The van der Waals surface area contributed by atoms with E-state index >= 15 is 0 Å². The standard InChI is InChI=1S/C12H16N2O2S/c1-8-4-5-11(17-8)10(15)7-14-6-2-3-9(14)12(13)16/h4-5,9H,2-3,6-7H2,1H3,(H2,13,16). The number of carbonyl (C=O) groups excluding carboxylic acids is 2. The third-order valence-corrected chi connectivity index (χ3v) is 4.10. The third kappa shape index (κ3) is 2.73. The lowest BCUT2D eigenvalue weighted by Gasteiger charge is -2.20. The van der Waals surface area contributed by atoms with Crippen molar-refractivity contribution in [1.29, 1.82) is 0 Å². The molecule has 0 bridgehead atoms. The Labute approximate surface area is 104 Å². The van der Waals surface area contributed by atoms with E-state index in [0.29, 0.717) is 6.54 Å². The highest BCUT2D eigenvalue weighted by atomic mass is 32.1. The van der Waals surface area contributed by atoms with Crippen LogP contribution in [0.25, 0.3) is 0 Å². The second-order valence-electron chi connectivity index (χ2n) is 4.36. The predicted molar refractivity (Wildman–Crippen MR) is 67.2 cm³/mol. The van der Waals surface area contributed by atoms with Crippen molar-refractivity contribution in [2.24, 2.45) is 5.73 Å². The zero-order chi connectivity index (χ0) is 12.4. The highest BCUT2D eigenvalue weighted by Crippen LogP contribution is 2.20. The zero-order valence-electron chi connectivity index (χ0n) is 9.81. The number of hydrogen-bond donors (Lipinski definition) is 1. The maximum absolute atomic E-state index is 12.0. The van der Waals surface area contributed by atoms with Gasteiger partial charge in [0.2, 0.25) is 5.91 Å². The zero-order valence-corrected chi connectivity index (χ0v) is 10.6. The molecule has 2 heterocycles. The molecule has 1 atom stereocenters. The maximum Gasteiger partial charge on any atom is 0.234 e. The molecule has 0 radical (unpaired) electrons. The number of thiophene rings is 1. The lowest BCUT2D eigenvalue weighted by Crippen LogP contribution is -2.42. The molecule has 0 spiro atoms. The van der Waals surface area contributed by atoms with Gasteiger partial charge < -0.3 is 5.73 Å². The molecule has 4 nitrogen and oxygen atoms in total. The van der Waals surface area contributed by atoms with Gasteiger partial charge in [-0.25, -0.2) is 0 Å². The number of Topliss-reactive ketones (excluding diaryl/α,β-unsaturated/α-hetero) is 1. The van der Waals surface area contributed by atoms with Gasteiger partial charge in [0.1, 0.15) is 0 Å². The van der Waals surface area contributed by atoms with E-state index in [1.807, 2.05) is 24.0 Å². The van der Waals surface area contributed by atoms with E-state index in [1.165, 1.54) is 11.3 Å². The largest absolute Gasteiger partial charge is 0.368 e. The van der Waals surface area contributed by atoms with Gasteiger partial charge in [-0.05, 0) is 38.4 Å². The fourth-order valence-electron chi connectivity index (χ4n) is 2.18. The summed E-state index contributed by atoms with van der Waals surface area (Å²) in [4.78, 5) is 27.0. The van der Waals surface area contributed by atoms with Crippen LogP contribution in [-0.4, -0.2) is 35.7 Å². The summed E-state index contributed by atoms with van der Waals surface area (Å²) in [6.07, 6.45) is 1.70. The second-order valence-corrected chi connectivity index (χ2v) is 5.65. The van der Waals surface area contributed by atoms with E-state index in [9.17, 15) is 9.59 Å². The van der Waals surface area contributed by atoms with Gasteiger partial charge in [0.15, 0.2) is 5.78 Å². The molecule has 0 aliphatic carbocycles. The average molecular weight is 252 g/mol. The molecule has 0 aromatic carbocycles. The molecule has 2 N–H and O–H groups in total. The summed E-state index contributed by atoms with van der Waals surface area (Å²) in [5.41, 5.74) is 5.32. The van der Waals surface area contributed by atoms with Crippen LogP contribution in [0.2, 0.25) is 0 Å². The molecule has 1 saturated heterocycles. The predicted octanol–water partition coefficient (Wildman–Crippen LogP) is 1.19. The molecule has 1 aromatic rings. The molecule has 17 heavy (non-hydrogen) atoms. The van der Waals surface area contributed by atoms with E-state index in [1.54, 1.807) is 0 Å². The summed E-state index contributed by atoms with van der Waals surface area (Å²) in [5.74, 6) is -0.242. The van der Waals surface area contributed by atoms with Crippen LogP contribution in [0.4, 0.5) is 0 Å². The first-order valence-corrected chi connectivity index (χ1v) is 6.52. The van der Waals surface area contributed by atoms with Crippen molar-refractivity contribution in [3.05, 3.63) is 21.9 Å². The number of nitrogens with zero attached hydrogens (tertiary/aromatic N) is 1. The lowest BCUT2D eigenvalue weighted by atomic mass is 10.2. The van der Waals surface area contributed by atoms with E-state index in [0.717, 1.165) is 29.1 Å². The number of primary amides is 1. The molecule has 5 heteroatoms. The molecule has 0 saturated carbocycles. The van der Waals surface area contributed by atoms with E-state index in [2.05, 4.69) is 0 Å². The Balaban J connectivity index is 2.01. The third-order valence-electron chi connectivity index (χ3n) is 3.05. The summed E-state index contributed by atoms with van der Waals surface area (Å²) < 4.78 is 0. The fraction of sp³-hybridized carbons (Fsp3) is 0.500. The minimum Gasteiger partial charge on any atom is -0.368 e. The van der Waals surface area contributed by atoms with Crippen molar-refractivity contribution in [3.8, 4) is 0 Å². The lowest BCUT2D eigenvalue weighted by molar-refractivity contribution is -0.122. The Morgan fingerprint density at radius 2 is 2.29 bits per heavy atom. The Hall–Kier alpha value is -1.20. The number of amides is 1. The van der Waals surface area contributed by atoms with Crippen LogP contribution in [0.15, 0.2) is 12.1 Å². The molecule has 1 aromatic heterocycles. The summed E-state index contributed by atoms with van der Waals surface area (Å²) in [7, 11) is 0. The van der Waals surface area contributed by atoms with Gasteiger partial charge in [0, 0.05) is 4.88 Å². The first-order valence-electron chi connectivity index (χ1n) is 5.71. The van der Waals surface area contributed by atoms with Crippen molar-refractivity contribution in [2.75, 3.05) is 13.1 Å². The van der Waals surface area contributed by atoms with Crippen LogP contribution in [0.3, 0.4) is 0 Å². The highest BCUT2D eigenvalue weighted by molar-refractivity contribution is 7.14. The number of hydrogen-bond acceptors (Lipinski definition) is 4. The molecule has 1 aliphatic rings. The summed E-state index contributed by atoms with van der Waals surface area (Å²) in [6.45, 7) is 3.06. The van der Waals surface area contributed by atoms with E-state index in [-0.39, 0.29) is 17.7 Å². The van der Waals surface area contributed by atoms with Gasteiger partial charge in [-0.3, -0.25) is 14.5 Å². The van der Waals surface area contributed by atoms with Gasteiger partial charge in [-0.15, -0.1) is 11.3 Å². The highest BCUT2D eigenvalue weighted by Gasteiger charge is 2.30. The average Bonchev–Trinajstić information content (AvgIpc) is 2.86. The number of rotatable bonds is 4. The van der Waals surface area contributed by atoms with Gasteiger partial charge in [-0.1, -0.05) is 0 Å². The van der Waals surface area contributed by atoms with Crippen molar-refractivity contribution in [2.45, 2.75) is 25.8 Å². The maximum atomic E-state index is 12.0. The molecule has 2 rings (SSSR count). The van der Waals surface area contributed by atoms with Gasteiger partial charge >= 0.3 is 0 Å². The number of aryl methyl sites for hydroxylation is 1. The Morgan fingerprint density at radius 1 is 1.53 bits per heavy atom. The van der Waals surface area contributed by atoms with Crippen molar-refractivity contribution < 1.29 is 9.59 Å². The summed E-state index contributed by atoms with van der Waals surface area (Å²) >= 11 is 1.50. The summed E-state index contributed by atoms with van der Waals surface area (Å²) in [5, 5.41) is 0. The summed E-state index contributed by atoms with van der Waals surface area (Å²) in [6, 6.07) is 3.52. The van der Waals surface area contributed by atoms with Crippen LogP contribution < -0.4 is 5.73 Å². The Kier molecular flexibility index (Phi) is 3.59. The van der Waals surface area contributed by atoms with Crippen LogP contribution >= 0.6 is 11.3 Å². The fourth-order valence-corrected chi connectivity index (χ4v) is 2.98. The molecular weight excluding hydrogens is 236 g/mol. The normalized spacial score (nSPS) is 20.6. The molecule has 1 aliphatic heterocycles. The number of carbonyl (C=O) groups is 2. The molecule has 1 fully saturated rings. The van der Waals surface area contributed by atoms with Crippen molar-refractivity contribution in [1.82, 2.24) is 4.90 Å².